The van der Waals surface area contributed by atoms with Crippen LogP contribution < -0.4 is 10.2 Å². The van der Waals surface area contributed by atoms with Crippen molar-refractivity contribution in [2.24, 2.45) is 4.99 Å². The highest BCUT2D eigenvalue weighted by atomic mass is 16.2. The highest BCUT2D eigenvalue weighted by Crippen LogP contribution is 2.18. The quantitative estimate of drug-likeness (QED) is 0.756. The molecule has 1 amide bonds. The van der Waals surface area contributed by atoms with Gasteiger partial charge >= 0.3 is 0 Å². The highest BCUT2D eigenvalue weighted by Gasteiger charge is 2.28. The van der Waals surface area contributed by atoms with E-state index < -0.39 is 0 Å². The van der Waals surface area contributed by atoms with Gasteiger partial charge in [-0.1, -0.05) is 18.2 Å². The molecule has 7 nitrogen and oxygen atoms in total. The average Bonchev–Trinajstić information content (AvgIpc) is 3.18. The molecule has 1 aliphatic heterocycles. The number of aromatic amines is 1. The molecule has 2 aromatic heterocycles. The van der Waals surface area contributed by atoms with Gasteiger partial charge in [-0.3, -0.25) is 20.0 Å². The molecule has 3 heterocycles. The molecule has 1 saturated heterocycles. The van der Waals surface area contributed by atoms with Gasteiger partial charge in [-0.05, 0) is 38.0 Å². The van der Waals surface area contributed by atoms with Gasteiger partial charge in [0, 0.05) is 35.0 Å². The second-order valence-corrected chi connectivity index (χ2v) is 6.40. The van der Waals surface area contributed by atoms with E-state index >= 15 is 0 Å². The Morgan fingerprint density at radius 1 is 1.19 bits per heavy atom. The van der Waals surface area contributed by atoms with Crippen molar-refractivity contribution in [3.8, 4) is 0 Å². The summed E-state index contributed by atoms with van der Waals surface area (Å²) in [6.07, 6.45) is 2.80. The fourth-order valence-electron chi connectivity index (χ4n) is 3.19. The van der Waals surface area contributed by atoms with Crippen LogP contribution in [0.1, 0.15) is 17.0 Å². The first kappa shape index (κ1) is 16.3. The molecule has 0 atom stereocenters. The molecule has 0 unspecified atom stereocenters. The van der Waals surface area contributed by atoms with Crippen LogP contribution in [0.15, 0.2) is 41.5 Å². The van der Waals surface area contributed by atoms with Crippen molar-refractivity contribution in [3.63, 3.8) is 0 Å². The standard InChI is InChI=1S/C19H20N6O/c1-12-9-13(2)23-19(22-12)25-11-17(26)24-18(25)20-8-7-14-10-21-16-6-4-3-5-15(14)16/h3-6,9-10,21H,7-8,11H2,1-2H3,(H,20,24,26). The lowest BCUT2D eigenvalue weighted by Gasteiger charge is -2.15. The van der Waals surface area contributed by atoms with Crippen LogP contribution in [-0.2, 0) is 11.2 Å². The number of benzene rings is 1. The molecule has 0 radical (unpaired) electrons. The van der Waals surface area contributed by atoms with E-state index in [9.17, 15) is 4.79 Å². The van der Waals surface area contributed by atoms with Crippen molar-refractivity contribution in [2.75, 3.05) is 18.0 Å². The number of aryl methyl sites for hydroxylation is 2. The number of carbonyl (C=O) groups is 1. The number of hydrogen-bond acceptors (Lipinski definition) is 4. The number of guanidine groups is 1. The third-order valence-corrected chi connectivity index (χ3v) is 4.34. The topological polar surface area (TPSA) is 86.3 Å². The van der Waals surface area contributed by atoms with Crippen LogP contribution in [-0.4, -0.2) is 39.9 Å². The van der Waals surface area contributed by atoms with Gasteiger partial charge in [-0.2, -0.15) is 0 Å². The minimum absolute atomic E-state index is 0.0985. The summed E-state index contributed by atoms with van der Waals surface area (Å²) in [6.45, 7) is 4.59. The van der Waals surface area contributed by atoms with Gasteiger partial charge in [-0.15, -0.1) is 0 Å². The molecule has 0 bridgehead atoms. The summed E-state index contributed by atoms with van der Waals surface area (Å²) >= 11 is 0. The van der Waals surface area contributed by atoms with Gasteiger partial charge in [0.05, 0.1) is 0 Å². The highest BCUT2D eigenvalue weighted by molar-refractivity contribution is 6.13. The third kappa shape index (κ3) is 3.15. The zero-order valence-electron chi connectivity index (χ0n) is 14.8. The molecule has 1 aliphatic rings. The molecule has 0 aliphatic carbocycles. The summed E-state index contributed by atoms with van der Waals surface area (Å²) < 4.78 is 0. The maximum Gasteiger partial charge on any atom is 0.246 e. The Balaban J connectivity index is 1.54. The molecule has 7 heteroatoms. The Bertz CT molecular complexity index is 986. The fourth-order valence-corrected chi connectivity index (χ4v) is 3.19. The Morgan fingerprint density at radius 3 is 2.77 bits per heavy atom. The molecule has 26 heavy (non-hydrogen) atoms. The van der Waals surface area contributed by atoms with Gasteiger partial charge < -0.3 is 4.98 Å². The van der Waals surface area contributed by atoms with Crippen LogP contribution in [0.25, 0.3) is 10.9 Å². The van der Waals surface area contributed by atoms with Crippen LogP contribution in [0.5, 0.6) is 0 Å². The number of H-pyrrole nitrogens is 1. The van der Waals surface area contributed by atoms with E-state index in [0.717, 1.165) is 23.3 Å². The van der Waals surface area contributed by atoms with E-state index in [-0.39, 0.29) is 12.5 Å². The largest absolute Gasteiger partial charge is 0.361 e. The van der Waals surface area contributed by atoms with Gasteiger partial charge in [0.2, 0.25) is 17.8 Å². The number of aliphatic imine (C=N–C) groups is 1. The first-order valence-corrected chi connectivity index (χ1v) is 8.59. The number of hydrogen-bond donors (Lipinski definition) is 2. The molecule has 3 aromatic rings. The van der Waals surface area contributed by atoms with E-state index in [1.165, 1.54) is 10.9 Å². The van der Waals surface area contributed by atoms with Crippen LogP contribution in [0.3, 0.4) is 0 Å². The first-order valence-electron chi connectivity index (χ1n) is 8.59. The monoisotopic (exact) mass is 348 g/mol. The summed E-state index contributed by atoms with van der Waals surface area (Å²) in [4.78, 5) is 30.3. The van der Waals surface area contributed by atoms with Crippen molar-refractivity contribution < 1.29 is 4.79 Å². The smallest absolute Gasteiger partial charge is 0.246 e. The van der Waals surface area contributed by atoms with Crippen molar-refractivity contribution >= 4 is 28.7 Å². The van der Waals surface area contributed by atoms with E-state index in [1.54, 1.807) is 4.90 Å². The SMILES string of the molecule is Cc1cc(C)nc(N2CC(=O)NC2=NCCc2c[nH]c3ccccc23)n1. The number of para-hydroxylation sites is 1. The number of aromatic nitrogens is 3. The first-order chi connectivity index (χ1) is 12.6. The van der Waals surface area contributed by atoms with E-state index in [4.69, 9.17) is 0 Å². The Labute approximate surface area is 151 Å². The molecular formula is C19H20N6O. The van der Waals surface area contributed by atoms with E-state index in [0.29, 0.717) is 18.5 Å². The number of anilines is 1. The third-order valence-electron chi connectivity index (χ3n) is 4.34. The molecule has 0 spiro atoms. The number of rotatable bonds is 4. The number of fused-ring (bicyclic) bond motifs is 1. The number of amides is 1. The van der Waals surface area contributed by atoms with Crippen LogP contribution in [0, 0.1) is 13.8 Å². The summed E-state index contributed by atoms with van der Waals surface area (Å²) in [5.74, 6) is 0.921. The zero-order chi connectivity index (χ0) is 18.1. The number of nitrogens with one attached hydrogen (secondary N) is 2. The molecule has 4 rings (SSSR count). The summed E-state index contributed by atoms with van der Waals surface area (Å²) in [5.41, 5.74) is 4.06. The van der Waals surface area contributed by atoms with Gasteiger partial charge in [-0.25, -0.2) is 9.97 Å². The predicted octanol–water partition coefficient (Wildman–Crippen LogP) is 2.11. The predicted molar refractivity (Wildman–Crippen MR) is 101 cm³/mol. The van der Waals surface area contributed by atoms with Gasteiger partial charge in [0.25, 0.3) is 0 Å². The summed E-state index contributed by atoms with van der Waals surface area (Å²) in [5, 5.41) is 4.01. The second kappa shape index (κ2) is 6.59. The second-order valence-electron chi connectivity index (χ2n) is 6.40. The van der Waals surface area contributed by atoms with E-state index in [1.807, 2.05) is 38.2 Å². The minimum atomic E-state index is -0.0985. The van der Waals surface area contributed by atoms with E-state index in [2.05, 4.69) is 37.4 Å². The zero-order valence-corrected chi connectivity index (χ0v) is 14.8. The molecule has 2 N–H and O–H groups in total. The molecule has 1 fully saturated rings. The normalized spacial score (nSPS) is 15.8. The van der Waals surface area contributed by atoms with Gasteiger partial charge in [0.15, 0.2) is 0 Å². The average molecular weight is 348 g/mol. The maximum absolute atomic E-state index is 11.9. The molecular weight excluding hydrogens is 328 g/mol. The Hall–Kier alpha value is -3.22. The lowest BCUT2D eigenvalue weighted by molar-refractivity contribution is -0.117. The number of carbonyl (C=O) groups excluding carboxylic acids is 1. The van der Waals surface area contributed by atoms with Crippen LogP contribution in [0.2, 0.25) is 0 Å². The Morgan fingerprint density at radius 2 is 1.96 bits per heavy atom. The van der Waals surface area contributed by atoms with Crippen molar-refractivity contribution in [1.82, 2.24) is 20.3 Å². The lowest BCUT2D eigenvalue weighted by Crippen LogP contribution is -2.32. The minimum Gasteiger partial charge on any atom is -0.361 e. The summed E-state index contributed by atoms with van der Waals surface area (Å²) in [7, 11) is 0. The molecule has 0 saturated carbocycles. The lowest BCUT2D eigenvalue weighted by atomic mass is 10.1. The fraction of sp³-hybridized carbons (Fsp3) is 0.263. The van der Waals surface area contributed by atoms with Crippen LogP contribution in [0.4, 0.5) is 5.95 Å². The summed E-state index contributed by atoms with van der Waals surface area (Å²) in [6, 6.07) is 10.1. The van der Waals surface area contributed by atoms with Crippen molar-refractivity contribution in [1.29, 1.82) is 0 Å². The molecule has 1 aromatic carbocycles. The Kier molecular flexibility index (Phi) is 4.12. The number of nitrogens with zero attached hydrogens (tertiary/aromatic N) is 4. The van der Waals surface area contributed by atoms with Crippen LogP contribution >= 0.6 is 0 Å². The van der Waals surface area contributed by atoms with Crippen molar-refractivity contribution in [2.45, 2.75) is 20.3 Å². The maximum atomic E-state index is 11.9. The van der Waals surface area contributed by atoms with Crippen molar-refractivity contribution in [3.05, 3.63) is 53.5 Å². The molecule has 132 valence electrons. The van der Waals surface area contributed by atoms with Gasteiger partial charge in [0.1, 0.15) is 6.54 Å².